The second-order valence-electron chi connectivity index (χ2n) is 4.77. The van der Waals surface area contributed by atoms with E-state index >= 15 is 0 Å². The van der Waals surface area contributed by atoms with Gasteiger partial charge in [-0.25, -0.2) is 0 Å². The van der Waals surface area contributed by atoms with Gasteiger partial charge in [0.15, 0.2) is 0 Å². The Balaban J connectivity index is 1.80. The summed E-state index contributed by atoms with van der Waals surface area (Å²) in [7, 11) is 0. The summed E-state index contributed by atoms with van der Waals surface area (Å²) >= 11 is 0. The van der Waals surface area contributed by atoms with Crippen molar-refractivity contribution in [3.8, 4) is 12.3 Å². The van der Waals surface area contributed by atoms with Gasteiger partial charge in [0.2, 0.25) is 5.91 Å². The number of hydrogen-bond acceptors (Lipinski definition) is 3. The Morgan fingerprint density at radius 1 is 1.58 bits per heavy atom. The largest absolute Gasteiger partial charge is 0.368 e. The number of carbonyl (C=O) groups excluding carboxylic acids is 1. The van der Waals surface area contributed by atoms with Crippen LogP contribution in [0.15, 0.2) is 18.5 Å². The van der Waals surface area contributed by atoms with Crippen LogP contribution >= 0.6 is 0 Å². The zero-order valence-corrected chi connectivity index (χ0v) is 11.0. The van der Waals surface area contributed by atoms with Gasteiger partial charge in [0.25, 0.3) is 0 Å². The van der Waals surface area contributed by atoms with Gasteiger partial charge in [0.1, 0.15) is 13.2 Å². The van der Waals surface area contributed by atoms with Gasteiger partial charge < -0.3 is 9.64 Å². The van der Waals surface area contributed by atoms with Crippen LogP contribution in [0.4, 0.5) is 0 Å². The van der Waals surface area contributed by atoms with Crippen LogP contribution in [-0.2, 0) is 16.1 Å². The maximum absolute atomic E-state index is 12.1. The lowest BCUT2D eigenvalue weighted by molar-refractivity contribution is -0.134. The molecule has 0 N–H and O–H groups in total. The molecular formula is C14H19N3O2. The molecule has 1 aromatic heterocycles. The number of hydrogen-bond donors (Lipinski definition) is 0. The number of rotatable bonds is 5. The lowest BCUT2D eigenvalue weighted by Gasteiger charge is -2.32. The Bertz CT molecular complexity index is 436. The fourth-order valence-electron chi connectivity index (χ4n) is 2.34. The molecule has 0 bridgehead atoms. The van der Waals surface area contributed by atoms with E-state index in [-0.39, 0.29) is 5.91 Å². The Hall–Kier alpha value is -1.80. The summed E-state index contributed by atoms with van der Waals surface area (Å²) in [5.74, 6) is 2.96. The van der Waals surface area contributed by atoms with E-state index in [4.69, 9.17) is 11.2 Å². The van der Waals surface area contributed by atoms with E-state index in [9.17, 15) is 4.79 Å². The van der Waals surface area contributed by atoms with E-state index < -0.39 is 0 Å². The first-order valence-corrected chi connectivity index (χ1v) is 6.56. The molecular weight excluding hydrogens is 242 g/mol. The monoisotopic (exact) mass is 261 g/mol. The summed E-state index contributed by atoms with van der Waals surface area (Å²) in [4.78, 5) is 14.0. The molecule has 0 spiro atoms. The minimum Gasteiger partial charge on any atom is -0.368 e. The highest BCUT2D eigenvalue weighted by atomic mass is 16.5. The molecule has 1 aliphatic rings. The van der Waals surface area contributed by atoms with Gasteiger partial charge >= 0.3 is 0 Å². The molecule has 1 aliphatic heterocycles. The van der Waals surface area contributed by atoms with Crippen molar-refractivity contribution in [2.45, 2.75) is 19.4 Å². The van der Waals surface area contributed by atoms with E-state index in [1.807, 2.05) is 11.0 Å². The van der Waals surface area contributed by atoms with Crippen LogP contribution in [0, 0.1) is 18.3 Å². The fourth-order valence-corrected chi connectivity index (χ4v) is 2.34. The first kappa shape index (κ1) is 13.6. The minimum absolute atomic E-state index is 0.116. The van der Waals surface area contributed by atoms with Crippen LogP contribution in [0.1, 0.15) is 12.8 Å². The van der Waals surface area contributed by atoms with Crippen molar-refractivity contribution >= 4 is 5.91 Å². The third kappa shape index (κ3) is 4.11. The Labute approximate surface area is 113 Å². The second-order valence-corrected chi connectivity index (χ2v) is 4.77. The van der Waals surface area contributed by atoms with Gasteiger partial charge in [-0.1, -0.05) is 5.92 Å². The summed E-state index contributed by atoms with van der Waals surface area (Å²) in [5.41, 5.74) is 0. The molecule has 5 heteroatoms. The van der Waals surface area contributed by atoms with Crippen LogP contribution in [0.25, 0.3) is 0 Å². The molecule has 1 saturated heterocycles. The molecule has 1 atom stereocenters. The SMILES string of the molecule is C#CCOCC1CCCN(C(=O)Cn2cccn2)C1. The maximum Gasteiger partial charge on any atom is 0.244 e. The second kappa shape index (κ2) is 6.95. The van der Waals surface area contributed by atoms with Crippen LogP contribution < -0.4 is 0 Å². The Morgan fingerprint density at radius 3 is 3.21 bits per heavy atom. The van der Waals surface area contributed by atoms with Gasteiger partial charge in [-0.05, 0) is 24.8 Å². The number of amides is 1. The fraction of sp³-hybridized carbons (Fsp3) is 0.571. The Morgan fingerprint density at radius 2 is 2.47 bits per heavy atom. The van der Waals surface area contributed by atoms with E-state index in [2.05, 4.69) is 11.0 Å². The molecule has 0 saturated carbocycles. The summed E-state index contributed by atoms with van der Waals surface area (Å²) in [6.45, 7) is 2.87. The average molecular weight is 261 g/mol. The van der Waals surface area contributed by atoms with Crippen molar-refractivity contribution < 1.29 is 9.53 Å². The number of likely N-dealkylation sites (tertiary alicyclic amines) is 1. The molecule has 1 fully saturated rings. The Kier molecular flexibility index (Phi) is 4.99. The normalized spacial score (nSPS) is 19.1. The molecule has 0 aliphatic carbocycles. The van der Waals surface area contributed by atoms with E-state index in [0.29, 0.717) is 25.7 Å². The lowest BCUT2D eigenvalue weighted by atomic mass is 9.99. The topological polar surface area (TPSA) is 47.4 Å². The van der Waals surface area contributed by atoms with Crippen LogP contribution in [0.2, 0.25) is 0 Å². The molecule has 2 heterocycles. The lowest BCUT2D eigenvalue weighted by Crippen LogP contribution is -2.42. The maximum atomic E-state index is 12.1. The average Bonchev–Trinajstić information content (AvgIpc) is 2.92. The molecule has 0 radical (unpaired) electrons. The van der Waals surface area contributed by atoms with Gasteiger partial charge in [-0.15, -0.1) is 6.42 Å². The number of nitrogens with zero attached hydrogens (tertiary/aromatic N) is 3. The number of piperidine rings is 1. The summed E-state index contributed by atoms with van der Waals surface area (Å²) in [6.07, 6.45) is 10.7. The molecule has 1 amide bonds. The smallest absolute Gasteiger partial charge is 0.244 e. The molecule has 1 aromatic rings. The number of terminal acetylenes is 1. The predicted molar refractivity (Wildman–Crippen MR) is 71.2 cm³/mol. The van der Waals surface area contributed by atoms with Gasteiger partial charge in [-0.2, -0.15) is 5.10 Å². The quantitative estimate of drug-likeness (QED) is 0.581. The molecule has 102 valence electrons. The predicted octanol–water partition coefficient (Wildman–Crippen LogP) is 0.771. The van der Waals surface area contributed by atoms with E-state index in [1.54, 1.807) is 17.1 Å². The third-order valence-corrected chi connectivity index (χ3v) is 3.27. The van der Waals surface area contributed by atoms with Crippen LogP contribution in [0.5, 0.6) is 0 Å². The highest BCUT2D eigenvalue weighted by Gasteiger charge is 2.23. The molecule has 2 rings (SSSR count). The standard InChI is InChI=1S/C14H19N3O2/c1-2-9-19-12-13-5-3-7-16(10-13)14(18)11-17-8-4-6-15-17/h1,4,6,8,13H,3,5,7,9-12H2. The van der Waals surface area contributed by atoms with Crippen molar-refractivity contribution in [3.05, 3.63) is 18.5 Å². The van der Waals surface area contributed by atoms with Crippen molar-refractivity contribution in [1.29, 1.82) is 0 Å². The van der Waals surface area contributed by atoms with E-state index in [0.717, 1.165) is 25.9 Å². The summed E-state index contributed by atoms with van der Waals surface area (Å²) < 4.78 is 7.02. The first-order valence-electron chi connectivity index (χ1n) is 6.56. The molecule has 1 unspecified atom stereocenters. The zero-order valence-electron chi connectivity index (χ0n) is 11.0. The van der Waals surface area contributed by atoms with Gasteiger partial charge in [-0.3, -0.25) is 9.48 Å². The number of aromatic nitrogens is 2. The van der Waals surface area contributed by atoms with Crippen molar-refractivity contribution in [2.75, 3.05) is 26.3 Å². The van der Waals surface area contributed by atoms with Crippen molar-refractivity contribution in [2.24, 2.45) is 5.92 Å². The van der Waals surface area contributed by atoms with Crippen molar-refractivity contribution in [1.82, 2.24) is 14.7 Å². The highest BCUT2D eigenvalue weighted by Crippen LogP contribution is 2.17. The number of ether oxygens (including phenoxy) is 1. The molecule has 5 nitrogen and oxygen atoms in total. The van der Waals surface area contributed by atoms with Crippen LogP contribution in [0.3, 0.4) is 0 Å². The zero-order chi connectivity index (χ0) is 13.5. The third-order valence-electron chi connectivity index (χ3n) is 3.27. The van der Waals surface area contributed by atoms with Gasteiger partial charge in [0.05, 0.1) is 6.61 Å². The first-order chi connectivity index (χ1) is 9.29. The summed E-state index contributed by atoms with van der Waals surface area (Å²) in [5, 5.41) is 4.05. The summed E-state index contributed by atoms with van der Waals surface area (Å²) in [6, 6.07) is 1.82. The molecule has 0 aromatic carbocycles. The number of carbonyl (C=O) groups is 1. The van der Waals surface area contributed by atoms with Crippen LogP contribution in [-0.4, -0.2) is 46.9 Å². The van der Waals surface area contributed by atoms with E-state index in [1.165, 1.54) is 0 Å². The van der Waals surface area contributed by atoms with Crippen molar-refractivity contribution in [3.63, 3.8) is 0 Å². The van der Waals surface area contributed by atoms with Gasteiger partial charge in [0, 0.05) is 25.5 Å². The molecule has 19 heavy (non-hydrogen) atoms. The minimum atomic E-state index is 0.116. The highest BCUT2D eigenvalue weighted by molar-refractivity contribution is 5.76.